The number of ether oxygens (including phenoxy) is 1. The minimum atomic E-state index is -0.189. The summed E-state index contributed by atoms with van der Waals surface area (Å²) >= 11 is 0. The van der Waals surface area contributed by atoms with Gasteiger partial charge in [0.15, 0.2) is 0 Å². The van der Waals surface area contributed by atoms with Gasteiger partial charge in [-0.15, -0.1) is 0 Å². The molecule has 3 heteroatoms. The molecule has 2 fully saturated rings. The van der Waals surface area contributed by atoms with Gasteiger partial charge in [0.2, 0.25) is 0 Å². The zero-order valence-electron chi connectivity index (χ0n) is 13.2. The third-order valence-electron chi connectivity index (χ3n) is 5.74. The van der Waals surface area contributed by atoms with E-state index in [0.717, 1.165) is 5.92 Å². The van der Waals surface area contributed by atoms with Crippen LogP contribution in [0.4, 0.5) is 0 Å². The number of hydrogen-bond acceptors (Lipinski definition) is 3. The number of carbonyl (C=O) groups is 1. The molecular weight excluding hydrogens is 238 g/mol. The van der Waals surface area contributed by atoms with E-state index in [1.165, 1.54) is 26.4 Å². The molecule has 2 saturated carbocycles. The van der Waals surface area contributed by atoms with Gasteiger partial charge < -0.3 is 10.1 Å². The van der Waals surface area contributed by atoms with Crippen molar-refractivity contribution in [1.29, 1.82) is 0 Å². The minimum absolute atomic E-state index is 0.128. The molecule has 2 rings (SSSR count). The zero-order valence-corrected chi connectivity index (χ0v) is 13.2. The lowest BCUT2D eigenvalue weighted by atomic mass is 9.68. The normalized spacial score (nSPS) is 37.6. The lowest BCUT2D eigenvalue weighted by molar-refractivity contribution is -0.145. The Morgan fingerprint density at radius 1 is 1.32 bits per heavy atom. The molecule has 110 valence electrons. The van der Waals surface area contributed by atoms with Gasteiger partial charge in [0, 0.05) is 6.04 Å². The van der Waals surface area contributed by atoms with E-state index >= 15 is 0 Å². The van der Waals surface area contributed by atoms with Gasteiger partial charge in [0.25, 0.3) is 0 Å². The number of methoxy groups -OCH3 is 1. The fourth-order valence-corrected chi connectivity index (χ4v) is 4.56. The standard InChI is InChI=1S/C16H29NO2/c1-10(2)12(13(18)19-6)17-14-15(3,4)11-7-8-16(14,5)9-11/h10-12,14,17H,7-9H2,1-6H3/t11-,12?,14?,16+/m0/s1. The van der Waals surface area contributed by atoms with E-state index < -0.39 is 0 Å². The van der Waals surface area contributed by atoms with Gasteiger partial charge in [0.05, 0.1) is 7.11 Å². The molecule has 0 amide bonds. The van der Waals surface area contributed by atoms with E-state index in [9.17, 15) is 4.79 Å². The molecule has 0 aliphatic heterocycles. The second-order valence-electron chi connectivity index (χ2n) is 7.76. The Morgan fingerprint density at radius 3 is 2.37 bits per heavy atom. The summed E-state index contributed by atoms with van der Waals surface area (Å²) < 4.78 is 4.96. The van der Waals surface area contributed by atoms with Crippen LogP contribution >= 0.6 is 0 Å². The van der Waals surface area contributed by atoms with E-state index in [4.69, 9.17) is 4.74 Å². The van der Waals surface area contributed by atoms with Gasteiger partial charge in [-0.3, -0.25) is 4.79 Å². The lowest BCUT2D eigenvalue weighted by Crippen LogP contribution is -2.57. The summed E-state index contributed by atoms with van der Waals surface area (Å²) in [7, 11) is 1.48. The van der Waals surface area contributed by atoms with Crippen LogP contribution in [0.2, 0.25) is 0 Å². The summed E-state index contributed by atoms with van der Waals surface area (Å²) in [6, 6.07) is 0.218. The van der Waals surface area contributed by atoms with E-state index in [1.54, 1.807) is 0 Å². The number of esters is 1. The van der Waals surface area contributed by atoms with Crippen LogP contribution in [0, 0.1) is 22.7 Å². The van der Waals surface area contributed by atoms with Crippen LogP contribution in [0.25, 0.3) is 0 Å². The van der Waals surface area contributed by atoms with Gasteiger partial charge in [-0.1, -0.05) is 34.6 Å². The average molecular weight is 267 g/mol. The number of fused-ring (bicyclic) bond motifs is 2. The number of carbonyl (C=O) groups excluding carboxylic acids is 1. The van der Waals surface area contributed by atoms with Crippen molar-refractivity contribution in [3.8, 4) is 0 Å². The Labute approximate surface area is 117 Å². The number of rotatable bonds is 4. The molecule has 0 radical (unpaired) electrons. The first-order valence-corrected chi connectivity index (χ1v) is 7.56. The fourth-order valence-electron chi connectivity index (χ4n) is 4.56. The lowest BCUT2D eigenvalue weighted by Gasteiger charge is -2.45. The number of nitrogens with one attached hydrogen (secondary N) is 1. The second-order valence-corrected chi connectivity index (χ2v) is 7.76. The predicted molar refractivity (Wildman–Crippen MR) is 76.8 cm³/mol. The summed E-state index contributed by atoms with van der Waals surface area (Å²) in [5, 5.41) is 3.65. The van der Waals surface area contributed by atoms with Crippen molar-refractivity contribution in [2.75, 3.05) is 7.11 Å². The Bertz CT molecular complexity index is 359. The summed E-state index contributed by atoms with van der Waals surface area (Å²) in [5.41, 5.74) is 0.615. The van der Waals surface area contributed by atoms with E-state index in [0.29, 0.717) is 11.5 Å². The highest BCUT2D eigenvalue weighted by Crippen LogP contribution is 2.62. The highest BCUT2D eigenvalue weighted by molar-refractivity contribution is 5.76. The maximum absolute atomic E-state index is 12.0. The summed E-state index contributed by atoms with van der Waals surface area (Å²) in [4.78, 5) is 12.0. The summed E-state index contributed by atoms with van der Waals surface area (Å²) in [6.07, 6.45) is 3.92. The van der Waals surface area contributed by atoms with Crippen LogP contribution in [0.5, 0.6) is 0 Å². The first kappa shape index (κ1) is 14.8. The molecule has 2 aliphatic rings. The van der Waals surface area contributed by atoms with Crippen molar-refractivity contribution in [2.24, 2.45) is 22.7 Å². The molecule has 1 N–H and O–H groups in total. The highest BCUT2D eigenvalue weighted by atomic mass is 16.5. The van der Waals surface area contributed by atoms with E-state index in [1.807, 2.05) is 0 Å². The molecule has 3 nitrogen and oxygen atoms in total. The Hall–Kier alpha value is -0.570. The van der Waals surface area contributed by atoms with Gasteiger partial charge in [-0.2, -0.15) is 0 Å². The molecule has 2 unspecified atom stereocenters. The first-order valence-electron chi connectivity index (χ1n) is 7.56. The predicted octanol–water partition coefficient (Wildman–Crippen LogP) is 2.99. The van der Waals surface area contributed by atoms with E-state index in [-0.39, 0.29) is 23.3 Å². The molecule has 0 aromatic carbocycles. The molecule has 19 heavy (non-hydrogen) atoms. The molecule has 4 atom stereocenters. The van der Waals surface area contributed by atoms with Crippen LogP contribution < -0.4 is 5.32 Å². The minimum Gasteiger partial charge on any atom is -0.468 e. The second kappa shape index (κ2) is 4.76. The third kappa shape index (κ3) is 2.31. The molecule has 2 aliphatic carbocycles. The molecule has 0 spiro atoms. The van der Waals surface area contributed by atoms with Crippen molar-refractivity contribution in [1.82, 2.24) is 5.32 Å². The average Bonchev–Trinajstić information content (AvgIpc) is 2.78. The van der Waals surface area contributed by atoms with Crippen molar-refractivity contribution < 1.29 is 9.53 Å². The quantitative estimate of drug-likeness (QED) is 0.796. The molecule has 0 aromatic rings. The van der Waals surface area contributed by atoms with Gasteiger partial charge in [-0.25, -0.2) is 0 Å². The summed E-state index contributed by atoms with van der Waals surface area (Å²) in [5.74, 6) is 0.920. The molecular formula is C16H29NO2. The zero-order chi connectivity index (χ0) is 14.4. The van der Waals surface area contributed by atoms with Crippen molar-refractivity contribution in [3.05, 3.63) is 0 Å². The maximum Gasteiger partial charge on any atom is 0.323 e. The van der Waals surface area contributed by atoms with Crippen molar-refractivity contribution in [2.45, 2.75) is 66.0 Å². The first-order chi connectivity index (χ1) is 8.72. The van der Waals surface area contributed by atoms with Crippen LogP contribution in [0.3, 0.4) is 0 Å². The topological polar surface area (TPSA) is 38.3 Å². The van der Waals surface area contributed by atoms with Crippen molar-refractivity contribution >= 4 is 5.97 Å². The molecule has 2 bridgehead atoms. The molecule has 0 aromatic heterocycles. The van der Waals surface area contributed by atoms with Crippen molar-refractivity contribution in [3.63, 3.8) is 0 Å². The summed E-state index contributed by atoms with van der Waals surface area (Å²) in [6.45, 7) is 11.3. The maximum atomic E-state index is 12.0. The SMILES string of the molecule is COC(=O)C(NC1C(C)(C)[C@H]2CC[C@]1(C)C2)C(C)C. The van der Waals surface area contributed by atoms with Crippen LogP contribution in [-0.2, 0) is 9.53 Å². The van der Waals surface area contributed by atoms with Crippen LogP contribution in [0.1, 0.15) is 53.9 Å². The van der Waals surface area contributed by atoms with Crippen LogP contribution in [0.15, 0.2) is 0 Å². The highest BCUT2D eigenvalue weighted by Gasteiger charge is 2.59. The fraction of sp³-hybridized carbons (Fsp3) is 0.938. The Morgan fingerprint density at radius 2 is 1.95 bits per heavy atom. The molecule has 0 saturated heterocycles. The van der Waals surface area contributed by atoms with Crippen LogP contribution in [-0.4, -0.2) is 25.2 Å². The Kier molecular flexibility index (Phi) is 3.72. The Balaban J connectivity index is 2.19. The van der Waals surface area contributed by atoms with Gasteiger partial charge in [-0.05, 0) is 41.9 Å². The van der Waals surface area contributed by atoms with Gasteiger partial charge in [0.1, 0.15) is 6.04 Å². The third-order valence-corrected chi connectivity index (χ3v) is 5.74. The largest absolute Gasteiger partial charge is 0.468 e. The smallest absolute Gasteiger partial charge is 0.323 e. The number of hydrogen-bond donors (Lipinski definition) is 1. The monoisotopic (exact) mass is 267 g/mol. The van der Waals surface area contributed by atoms with Gasteiger partial charge >= 0.3 is 5.97 Å². The molecule has 0 heterocycles. The van der Waals surface area contributed by atoms with E-state index in [2.05, 4.69) is 39.9 Å².